The lowest BCUT2D eigenvalue weighted by Gasteiger charge is -2.31. The van der Waals surface area contributed by atoms with Crippen molar-refractivity contribution >= 4 is 5.91 Å². The summed E-state index contributed by atoms with van der Waals surface area (Å²) in [6.45, 7) is 9.25. The fraction of sp³-hybridized carbons (Fsp3) is 0.647. The molecule has 0 unspecified atom stereocenters. The number of aromatic nitrogens is 5. The lowest BCUT2D eigenvalue weighted by atomic mass is 9.95. The number of aryl methyl sites for hydroxylation is 1. The third kappa shape index (κ3) is 3.20. The molecule has 7 nitrogen and oxygen atoms in total. The summed E-state index contributed by atoms with van der Waals surface area (Å²) in [5.41, 5.74) is 0. The van der Waals surface area contributed by atoms with E-state index in [1.807, 2.05) is 31.1 Å². The minimum atomic E-state index is 0.252. The third-order valence-electron chi connectivity index (χ3n) is 4.92. The summed E-state index contributed by atoms with van der Waals surface area (Å²) in [4.78, 5) is 18.1. The minimum Gasteiger partial charge on any atom is -0.343 e. The van der Waals surface area contributed by atoms with Crippen molar-refractivity contribution < 1.29 is 4.79 Å². The number of imidazole rings is 1. The van der Waals surface area contributed by atoms with Gasteiger partial charge in [-0.05, 0) is 26.7 Å². The number of amides is 1. The fourth-order valence-electron chi connectivity index (χ4n) is 3.45. The molecule has 0 saturated carbocycles. The van der Waals surface area contributed by atoms with Crippen LogP contribution in [0.1, 0.15) is 56.5 Å². The van der Waals surface area contributed by atoms with Crippen molar-refractivity contribution in [2.24, 2.45) is 0 Å². The van der Waals surface area contributed by atoms with E-state index in [9.17, 15) is 4.79 Å². The highest BCUT2D eigenvalue weighted by Crippen LogP contribution is 2.27. The molecule has 7 heteroatoms. The molecule has 1 fully saturated rings. The highest BCUT2D eigenvalue weighted by Gasteiger charge is 2.27. The first-order valence-corrected chi connectivity index (χ1v) is 8.81. The zero-order valence-corrected chi connectivity index (χ0v) is 14.8. The summed E-state index contributed by atoms with van der Waals surface area (Å²) >= 11 is 0. The fourth-order valence-corrected chi connectivity index (χ4v) is 3.45. The summed E-state index contributed by atoms with van der Waals surface area (Å²) in [5.74, 6) is 3.65. The van der Waals surface area contributed by atoms with Gasteiger partial charge in [0.15, 0.2) is 5.82 Å². The molecule has 1 aliphatic heterocycles. The van der Waals surface area contributed by atoms with Gasteiger partial charge < -0.3 is 14.0 Å². The van der Waals surface area contributed by atoms with Gasteiger partial charge in [0.2, 0.25) is 5.91 Å². The van der Waals surface area contributed by atoms with Crippen LogP contribution >= 0.6 is 0 Å². The second kappa shape index (κ2) is 7.15. The van der Waals surface area contributed by atoms with Crippen LogP contribution in [0.3, 0.4) is 0 Å². The highest BCUT2D eigenvalue weighted by molar-refractivity contribution is 5.75. The van der Waals surface area contributed by atoms with Crippen LogP contribution in [-0.2, 0) is 17.9 Å². The van der Waals surface area contributed by atoms with Crippen LogP contribution in [0.25, 0.3) is 0 Å². The predicted octanol–water partition coefficient (Wildman–Crippen LogP) is 1.97. The van der Waals surface area contributed by atoms with Gasteiger partial charge in [-0.2, -0.15) is 0 Å². The number of likely N-dealkylation sites (tertiary alicyclic amines) is 1. The summed E-state index contributed by atoms with van der Waals surface area (Å²) in [6, 6.07) is 0. The van der Waals surface area contributed by atoms with Crippen LogP contribution in [-0.4, -0.2) is 48.2 Å². The number of carbonyl (C=O) groups is 1. The van der Waals surface area contributed by atoms with E-state index < -0.39 is 0 Å². The Morgan fingerprint density at radius 3 is 2.58 bits per heavy atom. The van der Waals surface area contributed by atoms with Gasteiger partial charge in [-0.25, -0.2) is 4.98 Å². The molecule has 0 aliphatic carbocycles. The molecule has 2 aromatic heterocycles. The molecule has 130 valence electrons. The number of piperidine rings is 1. The normalized spacial score (nSPS) is 15.9. The van der Waals surface area contributed by atoms with Gasteiger partial charge >= 0.3 is 0 Å². The van der Waals surface area contributed by atoms with Crippen molar-refractivity contribution in [3.05, 3.63) is 29.9 Å². The minimum absolute atomic E-state index is 0.252. The summed E-state index contributed by atoms with van der Waals surface area (Å²) < 4.78 is 4.31. The highest BCUT2D eigenvalue weighted by atomic mass is 16.2. The van der Waals surface area contributed by atoms with Gasteiger partial charge in [-0.3, -0.25) is 4.79 Å². The molecule has 0 atom stereocenters. The molecule has 3 rings (SSSR count). The molecule has 2 aromatic rings. The molecule has 0 aromatic carbocycles. The van der Waals surface area contributed by atoms with E-state index in [4.69, 9.17) is 0 Å². The Kier molecular flexibility index (Phi) is 4.97. The van der Waals surface area contributed by atoms with Crippen LogP contribution in [0.5, 0.6) is 0 Å². The van der Waals surface area contributed by atoms with E-state index in [2.05, 4.69) is 31.2 Å². The summed E-state index contributed by atoms with van der Waals surface area (Å²) in [5, 5.41) is 8.92. The van der Waals surface area contributed by atoms with Gasteiger partial charge in [0.05, 0.1) is 6.54 Å². The van der Waals surface area contributed by atoms with Crippen LogP contribution in [0.4, 0.5) is 0 Å². The molecular formula is C17H26N6O. The maximum atomic E-state index is 11.8. The quantitative estimate of drug-likeness (QED) is 0.840. The molecule has 1 saturated heterocycles. The number of carbonyl (C=O) groups excluding carboxylic acids is 1. The lowest BCUT2D eigenvalue weighted by molar-refractivity contribution is -0.131. The molecule has 24 heavy (non-hydrogen) atoms. The molecule has 1 amide bonds. The van der Waals surface area contributed by atoms with Gasteiger partial charge in [-0.15, -0.1) is 10.2 Å². The Morgan fingerprint density at radius 1 is 1.25 bits per heavy atom. The Hall–Kier alpha value is -2.18. The van der Waals surface area contributed by atoms with E-state index in [0.29, 0.717) is 18.9 Å². The third-order valence-corrected chi connectivity index (χ3v) is 4.92. The molecular weight excluding hydrogens is 304 g/mol. The topological polar surface area (TPSA) is 68.8 Å². The average molecular weight is 330 g/mol. The van der Waals surface area contributed by atoms with E-state index in [1.165, 1.54) is 0 Å². The Morgan fingerprint density at radius 2 is 2.00 bits per heavy atom. The maximum Gasteiger partial charge on any atom is 0.222 e. The Balaban J connectivity index is 1.73. The smallest absolute Gasteiger partial charge is 0.222 e. The van der Waals surface area contributed by atoms with Gasteiger partial charge in [0, 0.05) is 44.4 Å². The molecule has 0 radical (unpaired) electrons. The van der Waals surface area contributed by atoms with E-state index >= 15 is 0 Å². The summed E-state index contributed by atoms with van der Waals surface area (Å²) in [6.07, 6.45) is 6.30. The first kappa shape index (κ1) is 16.7. The van der Waals surface area contributed by atoms with Crippen molar-refractivity contribution in [1.82, 2.24) is 29.2 Å². The largest absolute Gasteiger partial charge is 0.343 e. The van der Waals surface area contributed by atoms with Crippen LogP contribution in [0.15, 0.2) is 12.4 Å². The van der Waals surface area contributed by atoms with Crippen molar-refractivity contribution in [2.45, 2.75) is 59.0 Å². The summed E-state index contributed by atoms with van der Waals surface area (Å²) in [7, 11) is 0. The Labute approximate surface area is 142 Å². The van der Waals surface area contributed by atoms with Crippen molar-refractivity contribution in [1.29, 1.82) is 0 Å². The molecule has 0 spiro atoms. The first-order valence-electron chi connectivity index (χ1n) is 8.81. The van der Waals surface area contributed by atoms with Crippen LogP contribution < -0.4 is 0 Å². The second-order valence-electron chi connectivity index (χ2n) is 6.33. The van der Waals surface area contributed by atoms with Gasteiger partial charge in [0.25, 0.3) is 0 Å². The molecule has 0 N–H and O–H groups in total. The maximum absolute atomic E-state index is 11.8. The SMILES string of the molecule is CCC(=O)N1CCC(c2nnc(Cn3ccnc3C)n2CC)CC1. The number of hydrogen-bond donors (Lipinski definition) is 0. The number of hydrogen-bond acceptors (Lipinski definition) is 4. The Bertz CT molecular complexity index is 696. The van der Waals surface area contributed by atoms with Crippen molar-refractivity contribution in [2.75, 3.05) is 13.1 Å². The standard InChI is InChI=1S/C17H26N6O/c1-4-16(24)21-9-6-14(7-10-21)17-20-19-15(23(17)5-2)12-22-11-8-18-13(22)3/h8,11,14H,4-7,9-10,12H2,1-3H3. The van der Waals surface area contributed by atoms with E-state index in [0.717, 1.165) is 49.9 Å². The zero-order valence-electron chi connectivity index (χ0n) is 14.8. The lowest BCUT2D eigenvalue weighted by Crippen LogP contribution is -2.38. The van der Waals surface area contributed by atoms with Gasteiger partial charge in [-0.1, -0.05) is 6.92 Å². The molecule has 3 heterocycles. The zero-order chi connectivity index (χ0) is 17.1. The number of nitrogens with zero attached hydrogens (tertiary/aromatic N) is 6. The van der Waals surface area contributed by atoms with Crippen LogP contribution in [0.2, 0.25) is 0 Å². The predicted molar refractivity (Wildman–Crippen MR) is 90.6 cm³/mol. The first-order chi connectivity index (χ1) is 11.6. The van der Waals surface area contributed by atoms with Crippen molar-refractivity contribution in [3.63, 3.8) is 0 Å². The second-order valence-corrected chi connectivity index (χ2v) is 6.33. The van der Waals surface area contributed by atoms with Crippen molar-refractivity contribution in [3.8, 4) is 0 Å². The van der Waals surface area contributed by atoms with Crippen LogP contribution in [0, 0.1) is 6.92 Å². The van der Waals surface area contributed by atoms with Gasteiger partial charge in [0.1, 0.15) is 11.6 Å². The van der Waals surface area contributed by atoms with E-state index in [-0.39, 0.29) is 5.91 Å². The molecule has 0 bridgehead atoms. The number of rotatable bonds is 5. The monoisotopic (exact) mass is 330 g/mol. The van der Waals surface area contributed by atoms with E-state index in [1.54, 1.807) is 0 Å². The average Bonchev–Trinajstić information content (AvgIpc) is 3.21. The molecule has 1 aliphatic rings.